The van der Waals surface area contributed by atoms with Crippen LogP contribution in [0.1, 0.15) is 22.3 Å². The second-order valence-electron chi connectivity index (χ2n) is 7.92. The quantitative estimate of drug-likeness (QED) is 0.460. The first-order valence-corrected chi connectivity index (χ1v) is 12.2. The number of hydrogen-bond acceptors (Lipinski definition) is 7. The Balaban J connectivity index is 1.55. The minimum absolute atomic E-state index is 0.0119. The number of halogens is 3. The predicted octanol–water partition coefficient (Wildman–Crippen LogP) is 3.89. The number of carbonyl (C=O) groups is 1. The van der Waals surface area contributed by atoms with Crippen molar-refractivity contribution in [1.29, 1.82) is 0 Å². The number of alkyl halides is 3. The van der Waals surface area contributed by atoms with E-state index in [2.05, 4.69) is 25.9 Å². The van der Waals surface area contributed by atoms with E-state index in [1.165, 1.54) is 0 Å². The van der Waals surface area contributed by atoms with E-state index in [-0.39, 0.29) is 30.6 Å². The lowest BCUT2D eigenvalue weighted by molar-refractivity contribution is -0.137. The van der Waals surface area contributed by atoms with Crippen LogP contribution in [0.2, 0.25) is 0 Å². The number of nitrogens with zero attached hydrogens (tertiary/aromatic N) is 2. The van der Waals surface area contributed by atoms with Crippen molar-refractivity contribution in [3.8, 4) is 0 Å². The van der Waals surface area contributed by atoms with Crippen molar-refractivity contribution in [2.24, 2.45) is 0 Å². The molecule has 12 heteroatoms. The molecule has 3 N–H and O–H groups in total. The molecule has 0 unspecified atom stereocenters. The molecule has 0 radical (unpaired) electrons. The van der Waals surface area contributed by atoms with Crippen molar-refractivity contribution in [2.45, 2.75) is 24.9 Å². The van der Waals surface area contributed by atoms with E-state index in [0.29, 0.717) is 28.7 Å². The highest BCUT2D eigenvalue weighted by Gasteiger charge is 2.35. The number of aromatic nitrogens is 2. The molecule has 1 aliphatic heterocycles. The number of amides is 1. The van der Waals surface area contributed by atoms with Crippen molar-refractivity contribution in [3.05, 3.63) is 70.9 Å². The number of anilines is 4. The Morgan fingerprint density at radius 1 is 1.12 bits per heavy atom. The van der Waals surface area contributed by atoms with Crippen LogP contribution in [-0.4, -0.2) is 30.5 Å². The molecule has 1 amide bonds. The van der Waals surface area contributed by atoms with Gasteiger partial charge in [-0.1, -0.05) is 30.3 Å². The van der Waals surface area contributed by atoms with Gasteiger partial charge < -0.3 is 16.0 Å². The summed E-state index contributed by atoms with van der Waals surface area (Å²) in [7, 11) is -3.25. The van der Waals surface area contributed by atoms with Gasteiger partial charge in [-0.25, -0.2) is 13.4 Å². The van der Waals surface area contributed by atoms with E-state index >= 15 is 0 Å². The normalized spacial score (nSPS) is 13.4. The van der Waals surface area contributed by atoms with Gasteiger partial charge >= 0.3 is 6.18 Å². The average molecular weight is 491 g/mol. The molecule has 178 valence electrons. The van der Waals surface area contributed by atoms with E-state index in [0.717, 1.165) is 11.8 Å². The molecule has 0 fully saturated rings. The van der Waals surface area contributed by atoms with Gasteiger partial charge in [0.05, 0.1) is 12.2 Å². The summed E-state index contributed by atoms with van der Waals surface area (Å²) >= 11 is 0. The fourth-order valence-electron chi connectivity index (χ4n) is 3.52. The zero-order chi connectivity index (χ0) is 24.5. The first-order chi connectivity index (χ1) is 16.0. The first kappa shape index (κ1) is 23.5. The molecular weight excluding hydrogens is 471 g/mol. The van der Waals surface area contributed by atoms with Crippen LogP contribution in [0.25, 0.3) is 0 Å². The van der Waals surface area contributed by atoms with Gasteiger partial charge in [0.2, 0.25) is 11.9 Å². The van der Waals surface area contributed by atoms with Gasteiger partial charge in [-0.2, -0.15) is 18.2 Å². The molecule has 0 saturated carbocycles. The molecule has 34 heavy (non-hydrogen) atoms. The summed E-state index contributed by atoms with van der Waals surface area (Å²) in [6.45, 7) is -0.0119. The summed E-state index contributed by atoms with van der Waals surface area (Å²) in [5, 5.41) is 8.24. The topological polar surface area (TPSA) is 113 Å². The minimum Gasteiger partial charge on any atom is -0.365 e. The Bertz CT molecular complexity index is 1360. The third-order valence-corrected chi connectivity index (χ3v) is 5.82. The third kappa shape index (κ3) is 5.81. The van der Waals surface area contributed by atoms with Crippen LogP contribution in [0.5, 0.6) is 0 Å². The summed E-state index contributed by atoms with van der Waals surface area (Å²) in [4.78, 5) is 19.3. The summed E-state index contributed by atoms with van der Waals surface area (Å²) in [5.41, 5.74) is 2.04. The van der Waals surface area contributed by atoms with Crippen LogP contribution >= 0.6 is 0 Å². The monoisotopic (exact) mass is 491 g/mol. The molecule has 0 bridgehead atoms. The molecule has 1 aliphatic rings. The van der Waals surface area contributed by atoms with E-state index in [9.17, 15) is 26.4 Å². The molecular formula is C22H20F3N5O3S. The number of carbonyl (C=O) groups excluding carboxylic acids is 1. The number of sulfone groups is 1. The lowest BCUT2D eigenvalue weighted by Gasteiger charge is -2.15. The molecule has 2 heterocycles. The number of benzene rings is 2. The van der Waals surface area contributed by atoms with E-state index in [4.69, 9.17) is 0 Å². The van der Waals surface area contributed by atoms with Crippen LogP contribution in [0.3, 0.4) is 0 Å². The van der Waals surface area contributed by atoms with Crippen LogP contribution < -0.4 is 16.0 Å². The van der Waals surface area contributed by atoms with E-state index in [1.54, 1.807) is 42.5 Å². The fraction of sp³-hybridized carbons (Fsp3) is 0.227. The third-order valence-electron chi connectivity index (χ3n) is 4.97. The summed E-state index contributed by atoms with van der Waals surface area (Å²) in [5.74, 6) is -0.791. The Hall–Kier alpha value is -3.67. The van der Waals surface area contributed by atoms with Gasteiger partial charge in [-0.15, -0.1) is 0 Å². The molecule has 3 aromatic rings. The first-order valence-electron chi connectivity index (χ1n) is 10.1. The van der Waals surface area contributed by atoms with Crippen molar-refractivity contribution < 1.29 is 26.4 Å². The van der Waals surface area contributed by atoms with Gasteiger partial charge in [0.1, 0.15) is 11.4 Å². The maximum absolute atomic E-state index is 13.5. The summed E-state index contributed by atoms with van der Waals surface area (Å²) in [6, 6.07) is 11.6. The summed E-state index contributed by atoms with van der Waals surface area (Å²) < 4.78 is 63.6. The molecule has 2 aromatic carbocycles. The van der Waals surface area contributed by atoms with E-state index < -0.39 is 27.4 Å². The van der Waals surface area contributed by atoms with Gasteiger partial charge in [0, 0.05) is 30.4 Å². The van der Waals surface area contributed by atoms with Gasteiger partial charge in [0.15, 0.2) is 9.84 Å². The average Bonchev–Trinajstić information content (AvgIpc) is 3.10. The van der Waals surface area contributed by atoms with Crippen molar-refractivity contribution in [3.63, 3.8) is 0 Å². The summed E-state index contributed by atoms with van der Waals surface area (Å²) in [6.07, 6.45) is -2.62. The Morgan fingerprint density at radius 3 is 2.62 bits per heavy atom. The van der Waals surface area contributed by atoms with Gasteiger partial charge in [0.25, 0.3) is 0 Å². The number of hydrogen-bond donors (Lipinski definition) is 3. The maximum Gasteiger partial charge on any atom is 0.421 e. The minimum atomic E-state index is -4.68. The van der Waals surface area contributed by atoms with Crippen molar-refractivity contribution in [1.82, 2.24) is 9.97 Å². The van der Waals surface area contributed by atoms with Gasteiger partial charge in [-0.05, 0) is 28.8 Å². The molecule has 0 aliphatic carbocycles. The van der Waals surface area contributed by atoms with Crippen molar-refractivity contribution >= 4 is 38.9 Å². The van der Waals surface area contributed by atoms with Gasteiger partial charge in [-0.3, -0.25) is 4.79 Å². The number of fused-ring (bicyclic) bond motifs is 1. The van der Waals surface area contributed by atoms with Crippen LogP contribution in [0, 0.1) is 0 Å². The largest absolute Gasteiger partial charge is 0.421 e. The number of nitrogens with one attached hydrogen (secondary N) is 3. The van der Waals surface area contributed by atoms with Crippen LogP contribution in [-0.2, 0) is 39.5 Å². The molecule has 0 saturated heterocycles. The molecule has 1 aromatic heterocycles. The highest BCUT2D eigenvalue weighted by atomic mass is 32.2. The maximum atomic E-state index is 13.5. The molecule has 4 rings (SSSR count). The Morgan fingerprint density at radius 2 is 1.88 bits per heavy atom. The van der Waals surface area contributed by atoms with E-state index in [1.807, 2.05) is 0 Å². The number of rotatable bonds is 7. The standard InChI is InChI=1S/C22H20F3N5O3S/c1-34(32,33)12-14-4-2-3-13(7-14)10-26-20-17(22(23,24)25)11-27-21(30-20)28-16-6-5-15-8-19(31)29-18(15)9-16/h2-7,9,11H,8,10,12H2,1H3,(H,29,31)(H2,26,27,28,30). The second kappa shape index (κ2) is 8.93. The lowest BCUT2D eigenvalue weighted by atomic mass is 10.1. The van der Waals surface area contributed by atoms with Crippen LogP contribution in [0.4, 0.5) is 36.3 Å². The SMILES string of the molecule is CS(=O)(=O)Cc1cccc(CNc2nc(Nc3ccc4c(c3)NC(=O)C4)ncc2C(F)(F)F)c1. The Labute approximate surface area is 193 Å². The highest BCUT2D eigenvalue weighted by Crippen LogP contribution is 2.34. The highest BCUT2D eigenvalue weighted by molar-refractivity contribution is 7.89. The molecule has 0 spiro atoms. The smallest absolute Gasteiger partial charge is 0.365 e. The lowest BCUT2D eigenvalue weighted by Crippen LogP contribution is -2.14. The zero-order valence-corrected chi connectivity index (χ0v) is 18.7. The van der Waals surface area contributed by atoms with Crippen molar-refractivity contribution in [2.75, 3.05) is 22.2 Å². The fourth-order valence-corrected chi connectivity index (χ4v) is 4.31. The van der Waals surface area contributed by atoms with Crippen LogP contribution in [0.15, 0.2) is 48.7 Å². The second-order valence-corrected chi connectivity index (χ2v) is 10.1. The predicted molar refractivity (Wildman–Crippen MR) is 121 cm³/mol. The molecule has 8 nitrogen and oxygen atoms in total. The molecule has 0 atom stereocenters. The zero-order valence-electron chi connectivity index (χ0n) is 17.9. The Kier molecular flexibility index (Phi) is 6.17.